The fraction of sp³-hybridized carbons (Fsp3) is 0.571. The number of rotatable bonds is 9. The summed E-state index contributed by atoms with van der Waals surface area (Å²) in [5, 5.41) is 3.34. The van der Waals surface area contributed by atoms with E-state index in [1.807, 2.05) is 24.5 Å². The lowest BCUT2D eigenvalue weighted by Crippen LogP contribution is -2.50. The van der Waals surface area contributed by atoms with Gasteiger partial charge < -0.3 is 14.8 Å². The van der Waals surface area contributed by atoms with E-state index < -0.39 is 0 Å². The molecular weight excluding hydrogens is 473 g/mol. The van der Waals surface area contributed by atoms with E-state index in [2.05, 4.69) is 26.1 Å². The Morgan fingerprint density at radius 2 is 2.03 bits per heavy atom. The highest BCUT2D eigenvalue weighted by Gasteiger charge is 2.43. The highest BCUT2D eigenvalue weighted by Crippen LogP contribution is 2.40. The summed E-state index contributed by atoms with van der Waals surface area (Å²) in [6, 6.07) is 9.69. The van der Waals surface area contributed by atoms with Crippen LogP contribution in [0.15, 0.2) is 42.7 Å². The largest absolute Gasteiger partial charge is 0.491 e. The van der Waals surface area contributed by atoms with Gasteiger partial charge in [-0.1, -0.05) is 6.07 Å². The van der Waals surface area contributed by atoms with Gasteiger partial charge in [-0.25, -0.2) is 9.82 Å². The number of carbonyl (C=O) groups is 1. The zero-order valence-corrected chi connectivity index (χ0v) is 21.5. The fourth-order valence-corrected chi connectivity index (χ4v) is 6.12. The van der Waals surface area contributed by atoms with Crippen LogP contribution in [-0.2, 0) is 16.1 Å². The van der Waals surface area contributed by atoms with Gasteiger partial charge in [-0.05, 0) is 74.4 Å². The number of methoxy groups -OCH3 is 1. The predicted octanol–water partition coefficient (Wildman–Crippen LogP) is 2.96. The number of amides is 1. The van der Waals surface area contributed by atoms with E-state index in [1.54, 1.807) is 19.2 Å². The molecule has 37 heavy (non-hydrogen) atoms. The summed E-state index contributed by atoms with van der Waals surface area (Å²) in [5.74, 6) is 0.824. The Bertz CT molecular complexity index is 1040. The fourth-order valence-electron chi connectivity index (χ4n) is 6.12. The second-order valence-electron chi connectivity index (χ2n) is 10.5. The average molecular weight is 512 g/mol. The Hall–Kier alpha value is -2.59. The number of benzene rings is 1. The summed E-state index contributed by atoms with van der Waals surface area (Å²) in [6.07, 6.45) is 8.28. The van der Waals surface area contributed by atoms with Crippen molar-refractivity contribution in [2.75, 3.05) is 33.4 Å². The molecule has 200 valence electrons. The molecule has 3 fully saturated rings. The summed E-state index contributed by atoms with van der Waals surface area (Å²) in [7, 11) is 1.62. The number of ether oxygens (including phenoxy) is 2. The molecule has 3 aliphatic rings. The van der Waals surface area contributed by atoms with E-state index in [1.165, 1.54) is 11.6 Å². The first kappa shape index (κ1) is 26.0. The summed E-state index contributed by atoms with van der Waals surface area (Å²) < 4.78 is 25.5. The minimum atomic E-state index is -0.264. The van der Waals surface area contributed by atoms with Crippen molar-refractivity contribution >= 4 is 5.91 Å². The van der Waals surface area contributed by atoms with Gasteiger partial charge in [-0.2, -0.15) is 0 Å². The highest BCUT2D eigenvalue weighted by atomic mass is 19.1. The molecule has 0 spiro atoms. The molecule has 1 aromatic heterocycles. The number of carbonyl (C=O) groups excluding carboxylic acids is 1. The molecule has 8 nitrogen and oxygen atoms in total. The van der Waals surface area contributed by atoms with E-state index in [9.17, 15) is 9.18 Å². The molecule has 2 aliphatic heterocycles. The maximum absolute atomic E-state index is 14.7. The molecular formula is C28H38FN5O3. The van der Waals surface area contributed by atoms with Crippen molar-refractivity contribution in [1.29, 1.82) is 0 Å². The number of hydrazine groups is 1. The number of nitrogens with one attached hydrogen (secondary N) is 3. The first-order valence-electron chi connectivity index (χ1n) is 13.4. The van der Waals surface area contributed by atoms with E-state index in [0.717, 1.165) is 38.6 Å². The minimum Gasteiger partial charge on any atom is -0.491 e. The number of hydrogen-bond acceptors (Lipinski definition) is 7. The van der Waals surface area contributed by atoms with Crippen LogP contribution in [0.1, 0.15) is 49.3 Å². The second kappa shape index (κ2) is 12.3. The number of hydrogen-bond donors (Lipinski definition) is 3. The summed E-state index contributed by atoms with van der Waals surface area (Å²) in [4.78, 5) is 19.7. The average Bonchev–Trinajstić information content (AvgIpc) is 3.35. The Morgan fingerprint density at radius 3 is 2.86 bits per heavy atom. The lowest BCUT2D eigenvalue weighted by Gasteiger charge is -2.36. The maximum Gasteiger partial charge on any atom is 0.223 e. The van der Waals surface area contributed by atoms with Crippen LogP contribution in [0.4, 0.5) is 4.39 Å². The van der Waals surface area contributed by atoms with Gasteiger partial charge in [0.2, 0.25) is 5.91 Å². The van der Waals surface area contributed by atoms with Gasteiger partial charge in [-0.15, -0.1) is 0 Å². The minimum absolute atomic E-state index is 0.00928. The molecule has 0 bridgehead atoms. The van der Waals surface area contributed by atoms with Crippen molar-refractivity contribution in [2.24, 2.45) is 11.8 Å². The molecule has 5 rings (SSSR count). The summed E-state index contributed by atoms with van der Waals surface area (Å²) in [5.41, 5.74) is 8.66. The maximum atomic E-state index is 14.7. The molecule has 3 N–H and O–H groups in total. The SMILES string of the molecule is COCCOc1cccc(F)c1CN1CCC[C@@H](NC(=O)C2CCC3NNC(c4ccncc4)C3C2)C1. The van der Waals surface area contributed by atoms with Gasteiger partial charge in [0.25, 0.3) is 0 Å². The Kier molecular flexibility index (Phi) is 8.66. The third kappa shape index (κ3) is 6.29. The van der Waals surface area contributed by atoms with Crippen molar-refractivity contribution < 1.29 is 18.7 Å². The lowest BCUT2D eigenvalue weighted by atomic mass is 9.74. The smallest absolute Gasteiger partial charge is 0.223 e. The molecule has 2 aromatic rings. The summed E-state index contributed by atoms with van der Waals surface area (Å²) >= 11 is 0. The highest BCUT2D eigenvalue weighted by molar-refractivity contribution is 5.79. The lowest BCUT2D eigenvalue weighted by molar-refractivity contribution is -0.127. The van der Waals surface area contributed by atoms with E-state index in [4.69, 9.17) is 9.47 Å². The van der Waals surface area contributed by atoms with Gasteiger partial charge in [0.15, 0.2) is 0 Å². The molecule has 2 saturated heterocycles. The third-order valence-corrected chi connectivity index (χ3v) is 8.04. The van der Waals surface area contributed by atoms with Crippen LogP contribution in [0.25, 0.3) is 0 Å². The number of fused-ring (bicyclic) bond motifs is 1. The standard InChI is InChI=1S/C28H38FN5O3/c1-36-14-15-37-26-6-2-5-24(29)23(26)18-34-13-3-4-21(17-34)31-28(35)20-7-8-25-22(16-20)27(33-32-25)19-9-11-30-12-10-19/h2,5-6,9-12,20-22,25,27,32-33H,3-4,7-8,13-18H2,1H3,(H,31,35)/t20?,21-,22?,25?,27?/m1/s1. The molecule has 0 radical (unpaired) electrons. The normalized spacial score (nSPS) is 28.0. The van der Waals surface area contributed by atoms with Crippen molar-refractivity contribution in [2.45, 2.75) is 56.8 Å². The molecule has 5 atom stereocenters. The summed E-state index contributed by atoms with van der Waals surface area (Å²) in [6.45, 7) is 2.86. The van der Waals surface area contributed by atoms with Crippen LogP contribution in [0.2, 0.25) is 0 Å². The van der Waals surface area contributed by atoms with Gasteiger partial charge in [-0.3, -0.25) is 20.1 Å². The van der Waals surface area contributed by atoms with Crippen LogP contribution >= 0.6 is 0 Å². The van der Waals surface area contributed by atoms with Crippen LogP contribution < -0.4 is 20.9 Å². The van der Waals surface area contributed by atoms with Gasteiger partial charge in [0.05, 0.1) is 12.6 Å². The Labute approximate surface area is 218 Å². The number of halogens is 1. The van der Waals surface area contributed by atoms with Crippen LogP contribution in [0.5, 0.6) is 5.75 Å². The van der Waals surface area contributed by atoms with Crippen molar-refractivity contribution in [3.63, 3.8) is 0 Å². The molecule has 3 heterocycles. The van der Waals surface area contributed by atoms with Crippen LogP contribution in [0.3, 0.4) is 0 Å². The van der Waals surface area contributed by atoms with Crippen LogP contribution in [0, 0.1) is 17.7 Å². The van der Waals surface area contributed by atoms with Gasteiger partial charge in [0, 0.05) is 56.2 Å². The zero-order chi connectivity index (χ0) is 25.6. The molecule has 9 heteroatoms. The zero-order valence-electron chi connectivity index (χ0n) is 21.5. The quantitative estimate of drug-likeness (QED) is 0.446. The number of nitrogens with zero attached hydrogens (tertiary/aromatic N) is 2. The molecule has 4 unspecified atom stereocenters. The number of piperidine rings is 1. The van der Waals surface area contributed by atoms with Gasteiger partial charge in [0.1, 0.15) is 18.2 Å². The first-order chi connectivity index (χ1) is 18.1. The second-order valence-corrected chi connectivity index (χ2v) is 10.5. The number of pyridine rings is 1. The topological polar surface area (TPSA) is 87.8 Å². The molecule has 1 saturated carbocycles. The number of aromatic nitrogens is 1. The molecule has 1 aliphatic carbocycles. The van der Waals surface area contributed by atoms with Crippen molar-refractivity contribution in [3.8, 4) is 5.75 Å². The van der Waals surface area contributed by atoms with Gasteiger partial charge >= 0.3 is 0 Å². The Balaban J connectivity index is 1.17. The van der Waals surface area contributed by atoms with Crippen molar-refractivity contribution in [3.05, 3.63) is 59.7 Å². The monoisotopic (exact) mass is 511 g/mol. The molecule has 1 amide bonds. The first-order valence-corrected chi connectivity index (χ1v) is 13.4. The predicted molar refractivity (Wildman–Crippen MR) is 138 cm³/mol. The molecule has 1 aromatic carbocycles. The van der Waals surface area contributed by atoms with E-state index >= 15 is 0 Å². The van der Waals surface area contributed by atoms with Crippen molar-refractivity contribution in [1.82, 2.24) is 26.1 Å². The van der Waals surface area contributed by atoms with E-state index in [0.29, 0.717) is 49.6 Å². The van der Waals surface area contributed by atoms with Crippen LogP contribution in [-0.4, -0.2) is 61.3 Å². The van der Waals surface area contributed by atoms with E-state index in [-0.39, 0.29) is 29.7 Å². The Morgan fingerprint density at radius 1 is 1.16 bits per heavy atom. The third-order valence-electron chi connectivity index (χ3n) is 8.04. The number of likely N-dealkylation sites (tertiary alicyclic amines) is 1.